The maximum atomic E-state index is 14.2. The van der Waals surface area contributed by atoms with Crippen molar-refractivity contribution in [2.24, 2.45) is 17.3 Å². The molecule has 0 bridgehead atoms. The number of nitrogens with zero attached hydrogens (tertiary/aromatic N) is 4. The number of carbonyl (C=O) groups is 2. The van der Waals surface area contributed by atoms with Crippen molar-refractivity contribution in [3.8, 4) is 0 Å². The second-order valence-electron chi connectivity index (χ2n) is 14.5. The summed E-state index contributed by atoms with van der Waals surface area (Å²) < 4.78 is 2.01. The Labute approximate surface area is 262 Å². The van der Waals surface area contributed by atoms with E-state index in [1.54, 1.807) is 6.33 Å². The maximum Gasteiger partial charge on any atom is 0.240 e. The van der Waals surface area contributed by atoms with Crippen molar-refractivity contribution in [2.75, 3.05) is 13.1 Å². The number of likely N-dealkylation sites (tertiary alicyclic amines) is 1. The average Bonchev–Trinajstić information content (AvgIpc) is 3.51. The highest BCUT2D eigenvalue weighted by Crippen LogP contribution is 2.47. The van der Waals surface area contributed by atoms with Gasteiger partial charge in [-0.3, -0.25) is 14.3 Å². The number of piperidine rings is 1. The van der Waals surface area contributed by atoms with Crippen molar-refractivity contribution in [3.05, 3.63) is 47.5 Å². The molecular weight excluding hydrogens is 560 g/mol. The van der Waals surface area contributed by atoms with Crippen molar-refractivity contribution >= 4 is 23.4 Å². The Hall–Kier alpha value is -2.45. The van der Waals surface area contributed by atoms with Gasteiger partial charge in [0.1, 0.15) is 12.7 Å². The van der Waals surface area contributed by atoms with Crippen molar-refractivity contribution in [3.63, 3.8) is 0 Å². The molecule has 2 aromatic rings. The summed E-state index contributed by atoms with van der Waals surface area (Å²) in [7, 11) is 0. The van der Waals surface area contributed by atoms with Crippen LogP contribution in [-0.4, -0.2) is 62.2 Å². The minimum atomic E-state index is -0.302. The lowest BCUT2D eigenvalue weighted by Crippen LogP contribution is -2.55. The first-order valence-electron chi connectivity index (χ1n) is 16.5. The fourth-order valence-corrected chi connectivity index (χ4v) is 7.92. The largest absolute Gasteiger partial charge is 0.351 e. The maximum absolute atomic E-state index is 14.2. The van der Waals surface area contributed by atoms with Gasteiger partial charge in [-0.2, -0.15) is 5.10 Å². The second kappa shape index (κ2) is 14.1. The first-order chi connectivity index (χ1) is 20.6. The summed E-state index contributed by atoms with van der Waals surface area (Å²) in [6, 6.07) is 7.78. The van der Waals surface area contributed by atoms with E-state index in [9.17, 15) is 9.59 Å². The molecule has 236 valence electrons. The highest BCUT2D eigenvalue weighted by Gasteiger charge is 2.44. The molecule has 3 fully saturated rings. The van der Waals surface area contributed by atoms with E-state index in [2.05, 4.69) is 25.6 Å². The van der Waals surface area contributed by atoms with E-state index >= 15 is 0 Å². The predicted octanol–water partition coefficient (Wildman–Crippen LogP) is 5.80. The molecule has 2 amide bonds. The zero-order valence-electron chi connectivity index (χ0n) is 26.4. The van der Waals surface area contributed by atoms with E-state index in [0.29, 0.717) is 17.4 Å². The minimum absolute atomic E-state index is 0.0442. The number of nitrogens with one attached hydrogen (secondary N) is 2. The second-order valence-corrected chi connectivity index (χ2v) is 14.9. The number of hydrogen-bond donors (Lipinski definition) is 2. The van der Waals surface area contributed by atoms with Crippen LogP contribution in [0.4, 0.5) is 0 Å². The van der Waals surface area contributed by atoms with E-state index < -0.39 is 0 Å². The number of halogens is 1. The van der Waals surface area contributed by atoms with Gasteiger partial charge in [0.15, 0.2) is 0 Å². The highest BCUT2D eigenvalue weighted by molar-refractivity contribution is 6.30. The lowest BCUT2D eigenvalue weighted by molar-refractivity contribution is -0.137. The van der Waals surface area contributed by atoms with E-state index in [0.717, 1.165) is 63.7 Å². The van der Waals surface area contributed by atoms with Gasteiger partial charge in [0.2, 0.25) is 11.8 Å². The van der Waals surface area contributed by atoms with Crippen LogP contribution in [0.3, 0.4) is 0 Å². The molecule has 2 heterocycles. The quantitative estimate of drug-likeness (QED) is 0.375. The molecular formula is C34H51ClN6O2. The van der Waals surface area contributed by atoms with E-state index in [4.69, 9.17) is 11.6 Å². The van der Waals surface area contributed by atoms with Crippen molar-refractivity contribution in [2.45, 2.75) is 122 Å². The number of carbonyl (C=O) groups excluding carboxylic acids is 2. The Balaban J connectivity index is 1.25. The van der Waals surface area contributed by atoms with E-state index in [1.165, 1.54) is 32.1 Å². The molecule has 2 N–H and O–H groups in total. The third-order valence-corrected chi connectivity index (χ3v) is 10.4. The lowest BCUT2D eigenvalue weighted by Gasteiger charge is -2.48. The third kappa shape index (κ3) is 8.59. The van der Waals surface area contributed by atoms with Crippen molar-refractivity contribution < 1.29 is 9.59 Å². The number of benzene rings is 1. The van der Waals surface area contributed by atoms with Crippen LogP contribution in [0.15, 0.2) is 36.9 Å². The molecule has 8 nitrogen and oxygen atoms in total. The van der Waals surface area contributed by atoms with E-state index in [1.807, 2.05) is 56.0 Å². The molecule has 9 heteroatoms. The summed E-state index contributed by atoms with van der Waals surface area (Å²) in [5, 5.41) is 12.1. The van der Waals surface area contributed by atoms with Gasteiger partial charge in [0.05, 0.1) is 6.04 Å². The van der Waals surface area contributed by atoms with Crippen LogP contribution in [0.1, 0.15) is 97.0 Å². The first-order valence-corrected chi connectivity index (χ1v) is 16.9. The first kappa shape index (κ1) is 32.0. The van der Waals surface area contributed by atoms with Crippen molar-refractivity contribution in [1.82, 2.24) is 30.3 Å². The fourth-order valence-electron chi connectivity index (χ4n) is 7.79. The monoisotopic (exact) mass is 610 g/mol. The van der Waals surface area contributed by atoms with Crippen LogP contribution in [-0.2, 0) is 22.6 Å². The normalized spacial score (nSPS) is 24.0. The molecule has 2 aliphatic carbocycles. The molecule has 0 radical (unpaired) electrons. The van der Waals surface area contributed by atoms with Crippen LogP contribution >= 0.6 is 11.6 Å². The topological polar surface area (TPSA) is 92.2 Å². The zero-order chi connectivity index (χ0) is 30.5. The highest BCUT2D eigenvalue weighted by atomic mass is 35.5. The summed E-state index contributed by atoms with van der Waals surface area (Å²) in [5.74, 6) is 1.07. The van der Waals surface area contributed by atoms with Gasteiger partial charge in [0, 0.05) is 42.2 Å². The van der Waals surface area contributed by atoms with Gasteiger partial charge in [-0.1, -0.05) is 43.0 Å². The Bertz CT molecular complexity index is 1170. The van der Waals surface area contributed by atoms with Gasteiger partial charge in [0.25, 0.3) is 0 Å². The Morgan fingerprint density at radius 2 is 1.67 bits per heavy atom. The minimum Gasteiger partial charge on any atom is -0.351 e. The molecule has 1 aromatic heterocycles. The van der Waals surface area contributed by atoms with Gasteiger partial charge >= 0.3 is 0 Å². The number of rotatable bonds is 9. The molecule has 1 saturated heterocycles. The average molecular weight is 611 g/mol. The van der Waals surface area contributed by atoms with Gasteiger partial charge in [-0.15, -0.1) is 0 Å². The molecule has 2 saturated carbocycles. The molecule has 1 atom stereocenters. The molecule has 1 aliphatic heterocycles. The molecule has 5 rings (SSSR count). The lowest BCUT2D eigenvalue weighted by atomic mass is 9.63. The SMILES string of the molecule is CC(C)(C)NC(=O)C1CCC(N[C@H](Cc2ccc(Cl)cc2)C(=O)N2CCC(Cn3cncn3)(C3CCCCC3)CC2)CC1. The summed E-state index contributed by atoms with van der Waals surface area (Å²) in [4.78, 5) is 33.3. The number of aromatic nitrogens is 3. The Morgan fingerprint density at radius 3 is 2.28 bits per heavy atom. The zero-order valence-corrected chi connectivity index (χ0v) is 27.1. The Morgan fingerprint density at radius 1 is 1.00 bits per heavy atom. The standard InChI is InChI=1S/C34H51ClN6O2/c1-33(2,3)39-31(42)26-11-15-29(16-12-26)38-30(21-25-9-13-28(35)14-10-25)32(43)40-19-17-34(18-20-40,22-41-24-36-23-37-41)27-7-5-4-6-8-27/h9-10,13-14,23-24,26-27,29-30,38H,4-8,11-12,15-22H2,1-3H3,(H,39,42)/t26?,29?,30-/m1/s1. The third-order valence-electron chi connectivity index (χ3n) is 10.2. The summed E-state index contributed by atoms with van der Waals surface area (Å²) in [5.41, 5.74) is 1.05. The van der Waals surface area contributed by atoms with Gasteiger partial charge in [-0.25, -0.2) is 4.98 Å². The van der Waals surface area contributed by atoms with Crippen LogP contribution in [0, 0.1) is 17.3 Å². The molecule has 1 aromatic carbocycles. The van der Waals surface area contributed by atoms with E-state index in [-0.39, 0.29) is 40.8 Å². The smallest absolute Gasteiger partial charge is 0.240 e. The molecule has 0 unspecified atom stereocenters. The Kier molecular flexibility index (Phi) is 10.5. The summed E-state index contributed by atoms with van der Waals surface area (Å²) in [6.07, 6.45) is 16.1. The van der Waals surface area contributed by atoms with Gasteiger partial charge in [-0.05, 0) is 108 Å². The number of amides is 2. The van der Waals surface area contributed by atoms with Crippen LogP contribution < -0.4 is 10.6 Å². The molecule has 43 heavy (non-hydrogen) atoms. The summed E-state index contributed by atoms with van der Waals surface area (Å²) >= 11 is 6.18. The molecule has 0 spiro atoms. The van der Waals surface area contributed by atoms with Gasteiger partial charge < -0.3 is 15.5 Å². The fraction of sp³-hybridized carbons (Fsp3) is 0.706. The van der Waals surface area contributed by atoms with Crippen LogP contribution in [0.2, 0.25) is 5.02 Å². The number of hydrogen-bond acceptors (Lipinski definition) is 5. The predicted molar refractivity (Wildman–Crippen MR) is 171 cm³/mol. The summed E-state index contributed by atoms with van der Waals surface area (Å²) in [6.45, 7) is 8.53. The van der Waals surface area contributed by atoms with Crippen molar-refractivity contribution in [1.29, 1.82) is 0 Å². The molecule has 3 aliphatic rings. The van der Waals surface area contributed by atoms with Crippen LogP contribution in [0.25, 0.3) is 0 Å². The van der Waals surface area contributed by atoms with Crippen LogP contribution in [0.5, 0.6) is 0 Å².